The lowest BCUT2D eigenvalue weighted by Crippen LogP contribution is -2.39. The van der Waals surface area contributed by atoms with Gasteiger partial charge < -0.3 is 5.11 Å². The second-order valence-electron chi connectivity index (χ2n) is 8.23. The van der Waals surface area contributed by atoms with E-state index in [9.17, 15) is 22.7 Å². The molecule has 4 aromatic rings. The highest BCUT2D eigenvalue weighted by atomic mass is 32.2. The Balaban J connectivity index is 1.55. The van der Waals surface area contributed by atoms with Crippen molar-refractivity contribution in [1.82, 2.24) is 9.73 Å². The summed E-state index contributed by atoms with van der Waals surface area (Å²) in [6.07, 6.45) is 1.31. The molecule has 36 heavy (non-hydrogen) atoms. The van der Waals surface area contributed by atoms with E-state index in [2.05, 4.69) is 10.5 Å². The van der Waals surface area contributed by atoms with Crippen molar-refractivity contribution < 1.29 is 22.7 Å². The van der Waals surface area contributed by atoms with Crippen LogP contribution in [0.5, 0.6) is 5.75 Å². The summed E-state index contributed by atoms with van der Waals surface area (Å²) < 4.78 is 41.0. The fraction of sp³-hybridized carbons (Fsp3) is 0.111. The van der Waals surface area contributed by atoms with Crippen LogP contribution in [0.25, 0.3) is 10.8 Å². The van der Waals surface area contributed by atoms with Gasteiger partial charge in [-0.25, -0.2) is 18.2 Å². The van der Waals surface area contributed by atoms with Crippen molar-refractivity contribution in [2.24, 2.45) is 5.10 Å². The molecule has 0 saturated carbocycles. The monoisotopic (exact) mass is 505 g/mol. The summed E-state index contributed by atoms with van der Waals surface area (Å²) in [5, 5.41) is 15.8. The molecule has 184 valence electrons. The Labute approximate surface area is 208 Å². The molecule has 1 amide bonds. The first-order valence-corrected chi connectivity index (χ1v) is 12.5. The lowest BCUT2D eigenvalue weighted by atomic mass is 10.0. The SMILES string of the molecule is Cc1ccc(S(=O)(=O)N(CC(=O)N/N=C\c2c(O)ccc3ccccc23)Cc2ccc(F)cc2)cc1. The first kappa shape index (κ1) is 25.0. The minimum absolute atomic E-state index is 0.00779. The van der Waals surface area contributed by atoms with Crippen LogP contribution in [0.3, 0.4) is 0 Å². The molecule has 9 heteroatoms. The number of nitrogens with zero attached hydrogens (tertiary/aromatic N) is 2. The molecule has 0 spiro atoms. The molecule has 0 aromatic heterocycles. The summed E-state index contributed by atoms with van der Waals surface area (Å²) in [7, 11) is -4.05. The maximum Gasteiger partial charge on any atom is 0.255 e. The lowest BCUT2D eigenvalue weighted by molar-refractivity contribution is -0.121. The van der Waals surface area contributed by atoms with E-state index >= 15 is 0 Å². The standard InChI is InChI=1S/C27H24FN3O4S/c1-19-6-13-23(14-7-19)36(34,35)31(17-20-8-11-22(28)12-9-20)18-27(33)30-29-16-25-24-5-3-2-4-21(24)10-15-26(25)32/h2-16,32H,17-18H2,1H3,(H,30,33)/b29-16-. The number of hydrazone groups is 1. The predicted octanol–water partition coefficient (Wildman–Crippen LogP) is 4.33. The summed E-state index contributed by atoms with van der Waals surface area (Å²) in [5.41, 5.74) is 4.16. The lowest BCUT2D eigenvalue weighted by Gasteiger charge is -2.21. The third-order valence-corrected chi connectivity index (χ3v) is 7.39. The first-order valence-electron chi connectivity index (χ1n) is 11.1. The van der Waals surface area contributed by atoms with Crippen LogP contribution in [0.4, 0.5) is 4.39 Å². The highest BCUT2D eigenvalue weighted by molar-refractivity contribution is 7.89. The molecule has 2 N–H and O–H groups in total. The number of benzene rings is 4. The van der Waals surface area contributed by atoms with Crippen molar-refractivity contribution in [3.8, 4) is 5.75 Å². The molecule has 4 aromatic carbocycles. The third kappa shape index (κ3) is 5.76. The Bertz CT molecular complexity index is 1520. The largest absolute Gasteiger partial charge is 0.507 e. The van der Waals surface area contributed by atoms with E-state index in [-0.39, 0.29) is 17.2 Å². The first-order chi connectivity index (χ1) is 17.2. The number of phenolic OH excluding ortho intramolecular Hbond substituents is 1. The highest BCUT2D eigenvalue weighted by Crippen LogP contribution is 2.25. The Morgan fingerprint density at radius 2 is 1.69 bits per heavy atom. The second kappa shape index (κ2) is 10.7. The molecule has 0 bridgehead atoms. The van der Waals surface area contributed by atoms with Crippen molar-refractivity contribution in [2.75, 3.05) is 6.54 Å². The molecule has 0 unspecified atom stereocenters. The molecule has 0 aliphatic heterocycles. The summed E-state index contributed by atoms with van der Waals surface area (Å²) >= 11 is 0. The van der Waals surface area contributed by atoms with Gasteiger partial charge in [-0.3, -0.25) is 4.79 Å². The number of amides is 1. The number of carbonyl (C=O) groups excluding carboxylic acids is 1. The van der Waals surface area contributed by atoms with Gasteiger partial charge in [-0.2, -0.15) is 9.41 Å². The molecule has 0 atom stereocenters. The second-order valence-corrected chi connectivity index (χ2v) is 10.2. The van der Waals surface area contributed by atoms with Crippen LogP contribution in [0.15, 0.2) is 94.9 Å². The van der Waals surface area contributed by atoms with E-state index in [1.165, 1.54) is 48.7 Å². The molecule has 0 radical (unpaired) electrons. The van der Waals surface area contributed by atoms with Gasteiger partial charge in [-0.15, -0.1) is 0 Å². The quantitative estimate of drug-likeness (QED) is 0.275. The number of hydrogen-bond acceptors (Lipinski definition) is 5. The molecular formula is C27H24FN3O4S. The molecule has 7 nitrogen and oxygen atoms in total. The minimum atomic E-state index is -4.05. The zero-order valence-corrected chi connectivity index (χ0v) is 20.2. The summed E-state index contributed by atoms with van der Waals surface area (Å²) in [6, 6.07) is 22.4. The molecule has 4 rings (SSSR count). The molecule has 0 heterocycles. The molecule has 0 aliphatic rings. The normalized spacial score (nSPS) is 11.9. The van der Waals surface area contributed by atoms with E-state index < -0.39 is 28.3 Å². The number of nitrogens with one attached hydrogen (secondary N) is 1. The van der Waals surface area contributed by atoms with Crippen molar-refractivity contribution in [3.05, 3.63) is 107 Å². The van der Waals surface area contributed by atoms with Crippen molar-refractivity contribution in [1.29, 1.82) is 0 Å². The van der Waals surface area contributed by atoms with E-state index in [0.29, 0.717) is 11.1 Å². The highest BCUT2D eigenvalue weighted by Gasteiger charge is 2.27. The Morgan fingerprint density at radius 1 is 1.00 bits per heavy atom. The Morgan fingerprint density at radius 3 is 2.42 bits per heavy atom. The van der Waals surface area contributed by atoms with Gasteiger partial charge in [0, 0.05) is 12.1 Å². The third-order valence-electron chi connectivity index (χ3n) is 5.58. The number of aryl methyl sites for hydroxylation is 1. The smallest absolute Gasteiger partial charge is 0.255 e. The fourth-order valence-electron chi connectivity index (χ4n) is 3.66. The van der Waals surface area contributed by atoms with Gasteiger partial charge >= 0.3 is 0 Å². The number of carbonyl (C=O) groups is 1. The fourth-order valence-corrected chi connectivity index (χ4v) is 5.05. The number of phenols is 1. The van der Waals surface area contributed by atoms with Gasteiger partial charge in [-0.05, 0) is 53.6 Å². The predicted molar refractivity (Wildman–Crippen MR) is 137 cm³/mol. The number of aromatic hydroxyl groups is 1. The molecule has 0 fully saturated rings. The van der Waals surface area contributed by atoms with Crippen molar-refractivity contribution in [3.63, 3.8) is 0 Å². The van der Waals surface area contributed by atoms with Crippen LogP contribution in [0.1, 0.15) is 16.7 Å². The number of sulfonamides is 1. The Hall–Kier alpha value is -4.08. The number of hydrogen-bond donors (Lipinski definition) is 2. The van der Waals surface area contributed by atoms with Gasteiger partial charge in [0.15, 0.2) is 0 Å². The molecule has 0 saturated heterocycles. The molecule has 0 aliphatic carbocycles. The maximum absolute atomic E-state index is 13.3. The van der Waals surface area contributed by atoms with E-state index in [1.807, 2.05) is 31.2 Å². The van der Waals surface area contributed by atoms with Gasteiger partial charge in [0.25, 0.3) is 5.91 Å². The average Bonchev–Trinajstić information content (AvgIpc) is 2.86. The van der Waals surface area contributed by atoms with E-state index in [1.54, 1.807) is 18.2 Å². The average molecular weight is 506 g/mol. The van der Waals surface area contributed by atoms with E-state index in [4.69, 9.17) is 0 Å². The maximum atomic E-state index is 13.3. The van der Waals surface area contributed by atoms with Gasteiger partial charge in [0.05, 0.1) is 17.7 Å². The van der Waals surface area contributed by atoms with Gasteiger partial charge in [0.1, 0.15) is 11.6 Å². The summed E-state index contributed by atoms with van der Waals surface area (Å²) in [4.78, 5) is 12.7. The van der Waals surface area contributed by atoms with Crippen LogP contribution < -0.4 is 5.43 Å². The van der Waals surface area contributed by atoms with Gasteiger partial charge in [-0.1, -0.05) is 60.2 Å². The van der Waals surface area contributed by atoms with Crippen molar-refractivity contribution in [2.45, 2.75) is 18.4 Å². The van der Waals surface area contributed by atoms with Crippen molar-refractivity contribution >= 4 is 32.9 Å². The zero-order valence-electron chi connectivity index (χ0n) is 19.4. The number of halogens is 1. The zero-order chi connectivity index (χ0) is 25.7. The molecular weight excluding hydrogens is 481 g/mol. The van der Waals surface area contributed by atoms with E-state index in [0.717, 1.165) is 20.6 Å². The number of fused-ring (bicyclic) bond motifs is 1. The number of rotatable bonds is 8. The van der Waals surface area contributed by atoms with Crippen LogP contribution >= 0.6 is 0 Å². The van der Waals surface area contributed by atoms with Crippen LogP contribution in [0.2, 0.25) is 0 Å². The summed E-state index contributed by atoms with van der Waals surface area (Å²) in [6.45, 7) is 1.18. The van der Waals surface area contributed by atoms with Gasteiger partial charge in [0.2, 0.25) is 10.0 Å². The van der Waals surface area contributed by atoms with Crippen LogP contribution in [0, 0.1) is 12.7 Å². The minimum Gasteiger partial charge on any atom is -0.507 e. The Kier molecular flexibility index (Phi) is 7.42. The topological polar surface area (TPSA) is 99.1 Å². The van der Waals surface area contributed by atoms with Crippen LogP contribution in [-0.2, 0) is 21.4 Å². The van der Waals surface area contributed by atoms with Crippen LogP contribution in [-0.4, -0.2) is 36.5 Å². The summed E-state index contributed by atoms with van der Waals surface area (Å²) in [5.74, 6) is -1.13.